The molecule has 0 amide bonds. The van der Waals surface area contributed by atoms with E-state index in [9.17, 15) is 14.7 Å². The molecule has 1 saturated heterocycles. The standard InChI is InChI=1S/C18H21FN4O3/c1-21-4-6-22(7-5-21)16-13(20)8-11-15(14(16)19)23(10-2-3-10)9-12(17(11)24)18(25)26/h8-10H,2-7,20H2,1H3,(H,25,26). The second kappa shape index (κ2) is 5.98. The Morgan fingerprint density at radius 1 is 1.27 bits per heavy atom. The molecule has 0 atom stereocenters. The number of halogens is 1. The van der Waals surface area contributed by atoms with Crippen LogP contribution in [0.3, 0.4) is 0 Å². The van der Waals surface area contributed by atoms with E-state index in [1.807, 2.05) is 11.9 Å². The van der Waals surface area contributed by atoms with Crippen LogP contribution in [0, 0.1) is 5.82 Å². The topological polar surface area (TPSA) is 91.8 Å². The number of aromatic nitrogens is 1. The van der Waals surface area contributed by atoms with Gasteiger partial charge in [0.05, 0.1) is 22.3 Å². The number of rotatable bonds is 3. The molecule has 1 aliphatic heterocycles. The van der Waals surface area contributed by atoms with Crippen molar-refractivity contribution in [2.24, 2.45) is 0 Å². The van der Waals surface area contributed by atoms with E-state index in [0.717, 1.165) is 25.9 Å². The fourth-order valence-electron chi connectivity index (χ4n) is 3.63. The number of carboxylic acid groups (broad SMARTS) is 1. The van der Waals surface area contributed by atoms with Gasteiger partial charge in [0.15, 0.2) is 5.82 Å². The van der Waals surface area contributed by atoms with Gasteiger partial charge in [0.2, 0.25) is 5.43 Å². The summed E-state index contributed by atoms with van der Waals surface area (Å²) in [4.78, 5) is 28.0. The highest BCUT2D eigenvalue weighted by Crippen LogP contribution is 2.40. The molecule has 26 heavy (non-hydrogen) atoms. The molecule has 2 aliphatic rings. The Bertz CT molecular complexity index is 959. The van der Waals surface area contributed by atoms with Crippen LogP contribution in [0.25, 0.3) is 10.9 Å². The van der Waals surface area contributed by atoms with E-state index >= 15 is 4.39 Å². The minimum atomic E-state index is -1.31. The lowest BCUT2D eigenvalue weighted by Gasteiger charge is -2.35. The molecule has 0 unspecified atom stereocenters. The molecule has 0 spiro atoms. The van der Waals surface area contributed by atoms with Gasteiger partial charge in [-0.1, -0.05) is 0 Å². The first-order chi connectivity index (χ1) is 12.4. The van der Waals surface area contributed by atoms with Gasteiger partial charge in [0.1, 0.15) is 5.56 Å². The van der Waals surface area contributed by atoms with E-state index in [1.165, 1.54) is 12.3 Å². The van der Waals surface area contributed by atoms with E-state index in [1.54, 1.807) is 4.57 Å². The van der Waals surface area contributed by atoms with Crippen LogP contribution in [0.2, 0.25) is 0 Å². The number of anilines is 2. The molecule has 2 fully saturated rings. The van der Waals surface area contributed by atoms with Crippen molar-refractivity contribution in [3.63, 3.8) is 0 Å². The highest BCUT2D eigenvalue weighted by Gasteiger charge is 2.30. The number of carboxylic acids is 1. The number of aromatic carboxylic acids is 1. The van der Waals surface area contributed by atoms with Crippen LogP contribution in [-0.2, 0) is 0 Å². The predicted octanol–water partition coefficient (Wildman–Crippen LogP) is 1.51. The number of pyridine rings is 1. The van der Waals surface area contributed by atoms with Gasteiger partial charge in [-0.05, 0) is 26.0 Å². The first-order valence-electron chi connectivity index (χ1n) is 8.72. The van der Waals surface area contributed by atoms with Crippen molar-refractivity contribution in [1.82, 2.24) is 9.47 Å². The molecule has 1 aromatic heterocycles. The first-order valence-corrected chi connectivity index (χ1v) is 8.72. The summed E-state index contributed by atoms with van der Waals surface area (Å²) in [6.07, 6.45) is 2.95. The molecular formula is C18H21FN4O3. The lowest BCUT2D eigenvalue weighted by atomic mass is 10.1. The third-order valence-electron chi connectivity index (χ3n) is 5.25. The minimum Gasteiger partial charge on any atom is -0.477 e. The van der Waals surface area contributed by atoms with Crippen molar-refractivity contribution in [2.75, 3.05) is 43.9 Å². The molecule has 4 rings (SSSR count). The van der Waals surface area contributed by atoms with Crippen LogP contribution in [0.1, 0.15) is 29.2 Å². The second-order valence-electron chi connectivity index (χ2n) is 7.13. The zero-order valence-corrected chi connectivity index (χ0v) is 14.5. The number of benzene rings is 1. The third-order valence-corrected chi connectivity index (χ3v) is 5.25. The number of nitrogens with two attached hydrogens (primary N) is 1. The molecule has 1 aromatic carbocycles. The predicted molar refractivity (Wildman–Crippen MR) is 97.5 cm³/mol. The van der Waals surface area contributed by atoms with Gasteiger partial charge < -0.3 is 25.2 Å². The van der Waals surface area contributed by atoms with Crippen LogP contribution in [0.5, 0.6) is 0 Å². The van der Waals surface area contributed by atoms with Crippen molar-refractivity contribution in [3.05, 3.63) is 33.9 Å². The monoisotopic (exact) mass is 360 g/mol. The van der Waals surface area contributed by atoms with Crippen molar-refractivity contribution >= 4 is 28.2 Å². The van der Waals surface area contributed by atoms with Crippen LogP contribution >= 0.6 is 0 Å². The Morgan fingerprint density at radius 3 is 2.50 bits per heavy atom. The Kier molecular flexibility index (Phi) is 3.87. The zero-order valence-electron chi connectivity index (χ0n) is 14.5. The molecule has 2 aromatic rings. The van der Waals surface area contributed by atoms with Gasteiger partial charge in [-0.2, -0.15) is 0 Å². The number of likely N-dealkylation sites (N-methyl/N-ethyl adjacent to an activating group) is 1. The quantitative estimate of drug-likeness (QED) is 0.806. The van der Waals surface area contributed by atoms with Crippen LogP contribution in [0.4, 0.5) is 15.8 Å². The van der Waals surface area contributed by atoms with Crippen LogP contribution in [-0.4, -0.2) is 53.8 Å². The summed E-state index contributed by atoms with van der Waals surface area (Å²) < 4.78 is 17.1. The van der Waals surface area contributed by atoms with Crippen molar-refractivity contribution in [1.29, 1.82) is 0 Å². The van der Waals surface area contributed by atoms with Crippen LogP contribution < -0.4 is 16.1 Å². The number of hydrogen-bond acceptors (Lipinski definition) is 5. The fraction of sp³-hybridized carbons (Fsp3) is 0.444. The van der Waals surface area contributed by atoms with Gasteiger partial charge in [0, 0.05) is 38.4 Å². The third kappa shape index (κ3) is 2.61. The molecular weight excluding hydrogens is 339 g/mol. The molecule has 1 aliphatic carbocycles. The highest BCUT2D eigenvalue weighted by molar-refractivity contribution is 5.96. The van der Waals surface area contributed by atoms with E-state index in [0.29, 0.717) is 18.8 Å². The van der Waals surface area contributed by atoms with E-state index in [-0.39, 0.29) is 28.2 Å². The van der Waals surface area contributed by atoms with Crippen molar-refractivity contribution < 1.29 is 14.3 Å². The molecule has 7 nitrogen and oxygen atoms in total. The Morgan fingerprint density at radius 2 is 1.92 bits per heavy atom. The molecule has 138 valence electrons. The summed E-state index contributed by atoms with van der Waals surface area (Å²) in [6, 6.07) is 1.45. The number of fused-ring (bicyclic) bond motifs is 1. The van der Waals surface area contributed by atoms with Gasteiger partial charge in [-0.25, -0.2) is 9.18 Å². The van der Waals surface area contributed by atoms with E-state index in [4.69, 9.17) is 5.73 Å². The normalized spacial score (nSPS) is 18.5. The lowest BCUT2D eigenvalue weighted by Crippen LogP contribution is -2.45. The molecule has 2 heterocycles. The lowest BCUT2D eigenvalue weighted by molar-refractivity contribution is 0.0695. The summed E-state index contributed by atoms with van der Waals surface area (Å²) in [5.41, 5.74) is 5.69. The maximum absolute atomic E-state index is 15.5. The summed E-state index contributed by atoms with van der Waals surface area (Å²) in [5.74, 6) is -1.85. The summed E-state index contributed by atoms with van der Waals surface area (Å²) in [5, 5.41) is 9.35. The van der Waals surface area contributed by atoms with Crippen molar-refractivity contribution in [2.45, 2.75) is 18.9 Å². The molecule has 0 radical (unpaired) electrons. The summed E-state index contributed by atoms with van der Waals surface area (Å²) in [7, 11) is 2.01. The highest BCUT2D eigenvalue weighted by atomic mass is 19.1. The minimum absolute atomic E-state index is 0.0228. The maximum Gasteiger partial charge on any atom is 0.341 e. The maximum atomic E-state index is 15.5. The molecule has 1 saturated carbocycles. The molecule has 0 bridgehead atoms. The number of nitrogens with zero attached hydrogens (tertiary/aromatic N) is 3. The Balaban J connectivity index is 1.97. The number of hydrogen-bond donors (Lipinski definition) is 2. The summed E-state index contributed by atoms with van der Waals surface area (Å²) >= 11 is 0. The number of piperazine rings is 1. The number of nitrogen functional groups attached to an aromatic ring is 1. The second-order valence-corrected chi connectivity index (χ2v) is 7.13. The summed E-state index contributed by atoms with van der Waals surface area (Å²) in [6.45, 7) is 2.88. The van der Waals surface area contributed by atoms with Gasteiger partial charge in [-0.3, -0.25) is 4.79 Å². The van der Waals surface area contributed by atoms with Crippen molar-refractivity contribution in [3.8, 4) is 0 Å². The van der Waals surface area contributed by atoms with Crippen LogP contribution in [0.15, 0.2) is 17.1 Å². The largest absolute Gasteiger partial charge is 0.477 e. The van der Waals surface area contributed by atoms with Gasteiger partial charge in [-0.15, -0.1) is 0 Å². The first kappa shape index (κ1) is 16.8. The average molecular weight is 360 g/mol. The smallest absolute Gasteiger partial charge is 0.341 e. The fourth-order valence-corrected chi connectivity index (χ4v) is 3.63. The van der Waals surface area contributed by atoms with E-state index < -0.39 is 17.2 Å². The average Bonchev–Trinajstić information content (AvgIpc) is 3.42. The van der Waals surface area contributed by atoms with Gasteiger partial charge >= 0.3 is 5.97 Å². The Labute approximate surface area is 149 Å². The zero-order chi connectivity index (χ0) is 18.6. The molecule has 8 heteroatoms. The SMILES string of the molecule is CN1CCN(c2c(N)cc3c(=O)c(C(=O)O)cn(C4CC4)c3c2F)CC1. The Hall–Kier alpha value is -2.61. The van der Waals surface area contributed by atoms with E-state index in [2.05, 4.69) is 4.90 Å². The molecule has 3 N–H and O–H groups in total. The van der Waals surface area contributed by atoms with Gasteiger partial charge in [0.25, 0.3) is 0 Å². The number of carbonyl (C=O) groups is 1.